The zero-order valence-corrected chi connectivity index (χ0v) is 14.0. The monoisotopic (exact) mass is 357 g/mol. The highest BCUT2D eigenvalue weighted by Crippen LogP contribution is 2.30. The minimum Gasteiger partial charge on any atom is -0.477 e. The van der Waals surface area contributed by atoms with Crippen LogP contribution in [0.25, 0.3) is 11.0 Å². The Labute approximate surface area is 137 Å². The average molecular weight is 357 g/mol. The first-order valence-corrected chi connectivity index (χ1v) is 8.48. The first kappa shape index (κ1) is 17.8. The molecule has 0 saturated carbocycles. The lowest BCUT2D eigenvalue weighted by molar-refractivity contribution is -0.384. The summed E-state index contributed by atoms with van der Waals surface area (Å²) in [6.07, 6.45) is 1.02. The molecule has 1 aromatic heterocycles. The molecule has 0 unspecified atom stereocenters. The van der Waals surface area contributed by atoms with Gasteiger partial charge in [0.25, 0.3) is 27.6 Å². The van der Waals surface area contributed by atoms with E-state index in [1.54, 1.807) is 0 Å². The van der Waals surface area contributed by atoms with Gasteiger partial charge in [-0.3, -0.25) is 14.3 Å². The van der Waals surface area contributed by atoms with E-state index in [9.17, 15) is 18.5 Å². The van der Waals surface area contributed by atoms with Crippen molar-refractivity contribution < 1.29 is 27.0 Å². The van der Waals surface area contributed by atoms with E-state index in [0.29, 0.717) is 11.1 Å². The van der Waals surface area contributed by atoms with Gasteiger partial charge in [-0.1, -0.05) is 0 Å². The predicted octanol–water partition coefficient (Wildman–Crippen LogP) is 1.07. The summed E-state index contributed by atoms with van der Waals surface area (Å²) in [7, 11) is -0.855. The van der Waals surface area contributed by atoms with Crippen LogP contribution in [0.5, 0.6) is 11.8 Å². The highest BCUT2D eigenvalue weighted by molar-refractivity contribution is 7.85. The molecule has 1 aromatic carbocycles. The quantitative estimate of drug-likeness (QED) is 0.405. The van der Waals surface area contributed by atoms with Crippen molar-refractivity contribution in [3.05, 3.63) is 27.8 Å². The number of fused-ring (bicyclic) bond motifs is 1. The van der Waals surface area contributed by atoms with E-state index in [2.05, 4.69) is 14.2 Å². The molecule has 0 spiro atoms. The minimum absolute atomic E-state index is 0.0869. The van der Waals surface area contributed by atoms with Crippen LogP contribution in [0.2, 0.25) is 0 Å². The molecule has 2 aromatic rings. The Morgan fingerprint density at radius 3 is 2.33 bits per heavy atom. The van der Waals surface area contributed by atoms with Crippen molar-refractivity contribution in [1.82, 2.24) is 9.97 Å². The van der Waals surface area contributed by atoms with Crippen LogP contribution in [0, 0.1) is 10.1 Å². The molecule has 0 aliphatic heterocycles. The Morgan fingerprint density at radius 2 is 1.79 bits per heavy atom. The molecule has 0 N–H and O–H groups in total. The van der Waals surface area contributed by atoms with Crippen LogP contribution < -0.4 is 9.47 Å². The second kappa shape index (κ2) is 6.93. The van der Waals surface area contributed by atoms with E-state index in [-0.39, 0.29) is 36.0 Å². The summed E-state index contributed by atoms with van der Waals surface area (Å²) in [5, 5.41) is 11.1. The van der Waals surface area contributed by atoms with Gasteiger partial charge < -0.3 is 9.47 Å². The lowest BCUT2D eigenvalue weighted by Gasteiger charge is -2.10. The molecule has 24 heavy (non-hydrogen) atoms. The molecule has 0 amide bonds. The van der Waals surface area contributed by atoms with Gasteiger partial charge in [0.2, 0.25) is 0 Å². The third-order valence-electron chi connectivity index (χ3n) is 3.04. The molecule has 0 saturated heterocycles. The Hall–Kier alpha value is -2.53. The third kappa shape index (κ3) is 4.06. The fourth-order valence-corrected chi connectivity index (χ4v) is 2.43. The van der Waals surface area contributed by atoms with Gasteiger partial charge in [0.1, 0.15) is 5.52 Å². The van der Waals surface area contributed by atoms with Crippen molar-refractivity contribution in [2.75, 3.05) is 27.1 Å². The van der Waals surface area contributed by atoms with E-state index >= 15 is 0 Å². The smallest absolute Gasteiger partial charge is 0.278 e. The number of nitro benzene ring substituents is 1. The minimum atomic E-state index is -3.61. The van der Waals surface area contributed by atoms with Crippen molar-refractivity contribution in [3.8, 4) is 11.8 Å². The Kier molecular flexibility index (Phi) is 5.14. The van der Waals surface area contributed by atoms with E-state index in [4.69, 9.17) is 9.47 Å². The lowest BCUT2D eigenvalue weighted by Crippen LogP contribution is -2.07. The van der Waals surface area contributed by atoms with Crippen molar-refractivity contribution in [1.29, 1.82) is 0 Å². The molecular weight excluding hydrogens is 342 g/mol. The first-order valence-electron chi connectivity index (χ1n) is 6.66. The standard InChI is InChI=1S/C13H15N3O7S/c1-21-12-13(22-2)15-11-8(4-5-23-24(3,19)20)6-9(16(17)18)7-10(11)14-12/h6-7H,4-5H2,1-3H3. The van der Waals surface area contributed by atoms with E-state index in [1.807, 2.05) is 0 Å². The fraction of sp³-hybridized carbons (Fsp3) is 0.385. The van der Waals surface area contributed by atoms with Gasteiger partial charge in [-0.15, -0.1) is 0 Å². The maximum absolute atomic E-state index is 11.1. The van der Waals surface area contributed by atoms with Gasteiger partial charge in [0.15, 0.2) is 0 Å². The van der Waals surface area contributed by atoms with Crippen molar-refractivity contribution in [2.24, 2.45) is 0 Å². The van der Waals surface area contributed by atoms with E-state index < -0.39 is 15.0 Å². The number of non-ortho nitro benzene ring substituents is 1. The maximum Gasteiger partial charge on any atom is 0.278 e. The van der Waals surface area contributed by atoms with Crippen molar-refractivity contribution in [3.63, 3.8) is 0 Å². The van der Waals surface area contributed by atoms with E-state index in [0.717, 1.165) is 6.26 Å². The largest absolute Gasteiger partial charge is 0.477 e. The number of methoxy groups -OCH3 is 2. The molecule has 0 aliphatic rings. The molecule has 2 rings (SSSR count). The molecule has 130 valence electrons. The number of benzene rings is 1. The first-order chi connectivity index (χ1) is 11.2. The van der Waals surface area contributed by atoms with Crippen molar-refractivity contribution in [2.45, 2.75) is 6.42 Å². The van der Waals surface area contributed by atoms with Gasteiger partial charge in [-0.2, -0.15) is 8.42 Å². The maximum atomic E-state index is 11.1. The Morgan fingerprint density at radius 1 is 1.17 bits per heavy atom. The topological polar surface area (TPSA) is 131 Å². The number of ether oxygens (including phenoxy) is 2. The van der Waals surface area contributed by atoms with E-state index in [1.165, 1.54) is 26.4 Å². The second-order valence-electron chi connectivity index (χ2n) is 4.75. The zero-order chi connectivity index (χ0) is 17.9. The SMILES string of the molecule is COc1nc2cc([N+](=O)[O-])cc(CCOS(C)(=O)=O)c2nc1OC. The highest BCUT2D eigenvalue weighted by atomic mass is 32.2. The lowest BCUT2D eigenvalue weighted by atomic mass is 10.1. The average Bonchev–Trinajstić information content (AvgIpc) is 2.51. The van der Waals surface area contributed by atoms with Crippen LogP contribution in [-0.2, 0) is 20.7 Å². The summed E-state index contributed by atoms with van der Waals surface area (Å²) < 4.78 is 36.9. The number of hydrogen-bond donors (Lipinski definition) is 0. The van der Waals surface area contributed by atoms with Gasteiger partial charge in [0, 0.05) is 12.1 Å². The zero-order valence-electron chi connectivity index (χ0n) is 13.2. The van der Waals surface area contributed by atoms with Crippen LogP contribution in [0.1, 0.15) is 5.56 Å². The van der Waals surface area contributed by atoms with Crippen LogP contribution in [-0.4, -0.2) is 50.4 Å². The summed E-state index contributed by atoms with van der Waals surface area (Å²) >= 11 is 0. The van der Waals surface area contributed by atoms with Crippen molar-refractivity contribution >= 4 is 26.8 Å². The molecule has 0 bridgehead atoms. The summed E-state index contributed by atoms with van der Waals surface area (Å²) in [5.41, 5.74) is 0.793. The van der Waals surface area contributed by atoms with Crippen LogP contribution >= 0.6 is 0 Å². The molecule has 10 nitrogen and oxygen atoms in total. The fourth-order valence-electron chi connectivity index (χ4n) is 2.05. The molecule has 0 aliphatic carbocycles. The molecule has 0 atom stereocenters. The number of rotatable bonds is 7. The summed E-state index contributed by atoms with van der Waals surface area (Å²) in [6, 6.07) is 2.56. The number of hydrogen-bond acceptors (Lipinski definition) is 9. The molecule has 1 heterocycles. The van der Waals surface area contributed by atoms with Crippen LogP contribution in [0.15, 0.2) is 12.1 Å². The summed E-state index contributed by atoms with van der Waals surface area (Å²) in [6.45, 7) is -0.175. The van der Waals surface area contributed by atoms with Gasteiger partial charge in [0.05, 0.1) is 37.5 Å². The molecule has 11 heteroatoms. The number of aromatic nitrogens is 2. The molecular formula is C13H15N3O7S. The number of nitrogens with zero attached hydrogens (tertiary/aromatic N) is 3. The Balaban J connectivity index is 2.54. The van der Waals surface area contributed by atoms with Gasteiger partial charge in [-0.25, -0.2) is 9.97 Å². The highest BCUT2D eigenvalue weighted by Gasteiger charge is 2.18. The Bertz CT molecular complexity index is 883. The van der Waals surface area contributed by atoms with Gasteiger partial charge >= 0.3 is 0 Å². The van der Waals surface area contributed by atoms with Crippen LogP contribution in [0.4, 0.5) is 5.69 Å². The normalized spacial score (nSPS) is 11.5. The summed E-state index contributed by atoms with van der Waals surface area (Å²) in [5.74, 6) is 0.202. The van der Waals surface area contributed by atoms with Gasteiger partial charge in [-0.05, 0) is 12.0 Å². The summed E-state index contributed by atoms with van der Waals surface area (Å²) in [4.78, 5) is 18.9. The second-order valence-corrected chi connectivity index (χ2v) is 6.39. The van der Waals surface area contributed by atoms with Crippen LogP contribution in [0.3, 0.4) is 0 Å². The molecule has 0 fully saturated rings. The third-order valence-corrected chi connectivity index (χ3v) is 3.63. The number of nitro groups is 1. The predicted molar refractivity (Wildman–Crippen MR) is 83.8 cm³/mol. The molecule has 0 radical (unpaired) electrons.